The molecule has 0 fully saturated rings. The molecule has 0 radical (unpaired) electrons. The molecular weight excluding hydrogens is 152 g/mol. The van der Waals surface area contributed by atoms with E-state index in [0.717, 1.165) is 12.8 Å². The molecule has 0 amide bonds. The van der Waals surface area contributed by atoms with Gasteiger partial charge in [0.05, 0.1) is 12.7 Å². The lowest BCUT2D eigenvalue weighted by atomic mass is 10.1. The Labute approximate surface area is 74.9 Å². The van der Waals surface area contributed by atoms with Crippen LogP contribution in [0, 0.1) is 0 Å². The zero-order valence-corrected chi connectivity index (χ0v) is 7.87. The van der Waals surface area contributed by atoms with Crippen molar-refractivity contribution in [1.82, 2.24) is 0 Å². The molecule has 0 aromatic rings. The van der Waals surface area contributed by atoms with E-state index in [1.165, 1.54) is 12.8 Å². The number of rotatable bonds is 7. The van der Waals surface area contributed by atoms with Gasteiger partial charge in [0.1, 0.15) is 0 Å². The van der Waals surface area contributed by atoms with Crippen LogP contribution in [0.3, 0.4) is 0 Å². The van der Waals surface area contributed by atoms with Crippen LogP contribution in [0.1, 0.15) is 39.0 Å². The van der Waals surface area contributed by atoms with E-state index in [1.807, 2.05) is 6.08 Å². The lowest BCUT2D eigenvalue weighted by Gasteiger charge is -2.06. The molecule has 0 aromatic heterocycles. The Kier molecular flexibility index (Phi) is 8.51. The van der Waals surface area contributed by atoms with Gasteiger partial charge in [0, 0.05) is 0 Å². The quantitative estimate of drug-likeness (QED) is 0.454. The molecule has 0 spiro atoms. The molecule has 72 valence electrons. The molecule has 2 nitrogen and oxygen atoms in total. The third-order valence-electron chi connectivity index (χ3n) is 1.82. The Bertz CT molecular complexity index is 110. The number of hydrogen-bond donors (Lipinski definition) is 2. The van der Waals surface area contributed by atoms with Gasteiger partial charge in [-0.05, 0) is 12.8 Å². The van der Waals surface area contributed by atoms with Gasteiger partial charge < -0.3 is 10.2 Å². The maximum Gasteiger partial charge on any atom is 0.0612 e. The van der Waals surface area contributed by atoms with Gasteiger partial charge in [-0.3, -0.25) is 0 Å². The van der Waals surface area contributed by atoms with Gasteiger partial charge in [-0.2, -0.15) is 0 Å². The first-order chi connectivity index (χ1) is 5.81. The van der Waals surface area contributed by atoms with Gasteiger partial charge in [0.25, 0.3) is 0 Å². The molecule has 1 unspecified atom stereocenters. The Morgan fingerprint density at radius 1 is 1.25 bits per heavy atom. The third-order valence-corrected chi connectivity index (χ3v) is 1.82. The number of hydrogen-bond acceptors (Lipinski definition) is 2. The average molecular weight is 172 g/mol. The lowest BCUT2D eigenvalue weighted by molar-refractivity contribution is 0.164. The molecule has 0 saturated heterocycles. The van der Waals surface area contributed by atoms with Crippen LogP contribution in [0.15, 0.2) is 12.2 Å². The third kappa shape index (κ3) is 7.76. The van der Waals surface area contributed by atoms with Crippen LogP contribution in [-0.2, 0) is 0 Å². The predicted octanol–water partition coefficient (Wildman–Crippen LogP) is 1.87. The second-order valence-electron chi connectivity index (χ2n) is 3.04. The topological polar surface area (TPSA) is 40.5 Å². The van der Waals surface area contributed by atoms with Crippen molar-refractivity contribution < 1.29 is 10.2 Å². The molecule has 0 rings (SSSR count). The van der Waals surface area contributed by atoms with Crippen LogP contribution in [0.25, 0.3) is 0 Å². The predicted molar refractivity (Wildman–Crippen MR) is 51.0 cm³/mol. The monoisotopic (exact) mass is 172 g/mol. The highest BCUT2D eigenvalue weighted by Gasteiger charge is 1.99. The normalized spacial score (nSPS) is 13.9. The molecule has 2 N–H and O–H groups in total. The van der Waals surface area contributed by atoms with Crippen molar-refractivity contribution >= 4 is 0 Å². The van der Waals surface area contributed by atoms with E-state index in [9.17, 15) is 5.11 Å². The number of unbranched alkanes of at least 4 members (excludes halogenated alkanes) is 2. The van der Waals surface area contributed by atoms with E-state index in [1.54, 1.807) is 6.08 Å². The summed E-state index contributed by atoms with van der Waals surface area (Å²) < 4.78 is 0. The molecule has 0 saturated carbocycles. The highest BCUT2D eigenvalue weighted by Crippen LogP contribution is 2.06. The van der Waals surface area contributed by atoms with E-state index in [-0.39, 0.29) is 12.7 Å². The van der Waals surface area contributed by atoms with Crippen LogP contribution >= 0.6 is 0 Å². The fourth-order valence-electron chi connectivity index (χ4n) is 1.08. The van der Waals surface area contributed by atoms with Crippen molar-refractivity contribution in [1.29, 1.82) is 0 Å². The van der Waals surface area contributed by atoms with E-state index < -0.39 is 0 Å². The van der Waals surface area contributed by atoms with Gasteiger partial charge in [0.15, 0.2) is 0 Å². The summed E-state index contributed by atoms with van der Waals surface area (Å²) in [5.74, 6) is 0. The van der Waals surface area contributed by atoms with Crippen molar-refractivity contribution in [2.24, 2.45) is 0 Å². The lowest BCUT2D eigenvalue weighted by Crippen LogP contribution is -2.04. The van der Waals surface area contributed by atoms with Gasteiger partial charge in [-0.15, -0.1) is 0 Å². The second-order valence-corrected chi connectivity index (χ2v) is 3.04. The summed E-state index contributed by atoms with van der Waals surface area (Å²) in [5.41, 5.74) is 0. The summed E-state index contributed by atoms with van der Waals surface area (Å²) >= 11 is 0. The highest BCUT2D eigenvalue weighted by atomic mass is 16.3. The van der Waals surface area contributed by atoms with Crippen LogP contribution in [0.5, 0.6) is 0 Å². The van der Waals surface area contributed by atoms with Gasteiger partial charge in [0.2, 0.25) is 0 Å². The molecule has 0 aliphatic carbocycles. The fourth-order valence-corrected chi connectivity index (χ4v) is 1.08. The van der Waals surface area contributed by atoms with E-state index in [4.69, 9.17) is 5.11 Å². The maximum atomic E-state index is 9.37. The summed E-state index contributed by atoms with van der Waals surface area (Å²) in [5, 5.41) is 17.8. The highest BCUT2D eigenvalue weighted by molar-refractivity contribution is 4.83. The van der Waals surface area contributed by atoms with E-state index in [2.05, 4.69) is 6.92 Å². The van der Waals surface area contributed by atoms with Crippen LogP contribution < -0.4 is 0 Å². The Morgan fingerprint density at radius 3 is 2.58 bits per heavy atom. The minimum atomic E-state index is -0.223. The molecule has 0 aliphatic rings. The largest absolute Gasteiger partial charge is 0.393 e. The fraction of sp³-hybridized carbons (Fsp3) is 0.800. The zero-order chi connectivity index (χ0) is 9.23. The molecular formula is C10H20O2. The summed E-state index contributed by atoms with van der Waals surface area (Å²) in [6.07, 6.45) is 8.32. The van der Waals surface area contributed by atoms with Crippen molar-refractivity contribution in [3.05, 3.63) is 12.2 Å². The first-order valence-electron chi connectivity index (χ1n) is 4.75. The summed E-state index contributed by atoms with van der Waals surface area (Å²) in [7, 11) is 0. The van der Waals surface area contributed by atoms with E-state index in [0.29, 0.717) is 6.42 Å². The second kappa shape index (κ2) is 8.75. The van der Waals surface area contributed by atoms with Crippen LogP contribution in [0.4, 0.5) is 0 Å². The maximum absolute atomic E-state index is 9.37. The standard InChI is InChI=1S/C10H20O2/c1-2-3-4-7-10(12)8-5-6-9-11/h5-6,10-12H,2-4,7-9H2,1H3/b6-5-. The van der Waals surface area contributed by atoms with Crippen LogP contribution in [-0.4, -0.2) is 22.9 Å². The Morgan fingerprint density at radius 2 is 2.00 bits per heavy atom. The number of aliphatic hydroxyl groups excluding tert-OH is 2. The molecule has 12 heavy (non-hydrogen) atoms. The Balaban J connectivity index is 3.21. The average Bonchev–Trinajstić information content (AvgIpc) is 2.06. The molecule has 1 atom stereocenters. The zero-order valence-electron chi connectivity index (χ0n) is 7.87. The molecule has 0 bridgehead atoms. The summed E-state index contributed by atoms with van der Waals surface area (Å²) in [6.45, 7) is 2.22. The first-order valence-corrected chi connectivity index (χ1v) is 4.75. The van der Waals surface area contributed by atoms with Crippen molar-refractivity contribution in [3.63, 3.8) is 0 Å². The first kappa shape index (κ1) is 11.7. The van der Waals surface area contributed by atoms with Gasteiger partial charge in [-0.1, -0.05) is 38.3 Å². The minimum Gasteiger partial charge on any atom is -0.393 e. The molecule has 0 heterocycles. The smallest absolute Gasteiger partial charge is 0.0612 e. The van der Waals surface area contributed by atoms with E-state index >= 15 is 0 Å². The van der Waals surface area contributed by atoms with Crippen molar-refractivity contribution in [3.8, 4) is 0 Å². The van der Waals surface area contributed by atoms with Crippen molar-refractivity contribution in [2.45, 2.75) is 45.1 Å². The number of aliphatic hydroxyl groups is 2. The molecule has 0 aromatic carbocycles. The van der Waals surface area contributed by atoms with Crippen LogP contribution in [0.2, 0.25) is 0 Å². The SMILES string of the molecule is CCCCCC(O)C/C=C\CO. The summed E-state index contributed by atoms with van der Waals surface area (Å²) in [4.78, 5) is 0. The summed E-state index contributed by atoms with van der Waals surface area (Å²) in [6, 6.07) is 0. The van der Waals surface area contributed by atoms with Gasteiger partial charge in [-0.25, -0.2) is 0 Å². The Hall–Kier alpha value is -0.340. The van der Waals surface area contributed by atoms with Crippen molar-refractivity contribution in [2.75, 3.05) is 6.61 Å². The molecule has 2 heteroatoms. The molecule has 0 aliphatic heterocycles. The van der Waals surface area contributed by atoms with Gasteiger partial charge >= 0.3 is 0 Å². The minimum absolute atomic E-state index is 0.0711.